The van der Waals surface area contributed by atoms with Gasteiger partial charge in [0.15, 0.2) is 0 Å². The second-order valence-corrected chi connectivity index (χ2v) is 17.3. The minimum atomic E-state index is -3.92. The number of benzene rings is 4. The molecule has 4 aromatic carbocycles. The number of anilines is 1. The molecule has 0 aliphatic carbocycles. The van der Waals surface area contributed by atoms with Crippen molar-refractivity contribution in [3.8, 4) is 11.5 Å². The Morgan fingerprint density at radius 3 is 2.62 bits per heavy atom. The molecule has 4 amide bonds. The third-order valence-corrected chi connectivity index (χ3v) is 13.1. The van der Waals surface area contributed by atoms with Crippen LogP contribution < -0.4 is 20.1 Å². The van der Waals surface area contributed by atoms with E-state index >= 15 is 0 Å². The molecule has 5 aromatic rings. The Kier molecular flexibility index (Phi) is 11.1. The monoisotopic (exact) mass is 849 g/mol. The van der Waals surface area contributed by atoms with Crippen LogP contribution in [0.3, 0.4) is 0 Å². The lowest BCUT2D eigenvalue weighted by molar-refractivity contribution is -0.138. The Morgan fingerprint density at radius 2 is 1.84 bits per heavy atom. The predicted molar refractivity (Wildman–Crippen MR) is 220 cm³/mol. The van der Waals surface area contributed by atoms with E-state index in [1.54, 1.807) is 54.2 Å². The molecule has 1 aromatic heterocycles. The fraction of sp³-hybridized carbons (Fsp3) is 0.326. The number of rotatable bonds is 13. The number of imide groups is 2. The molecule has 3 aliphatic heterocycles. The summed E-state index contributed by atoms with van der Waals surface area (Å²) >= 11 is 0. The number of carboxylic acids is 1. The van der Waals surface area contributed by atoms with Crippen molar-refractivity contribution < 1.29 is 47.0 Å². The molecule has 3 aliphatic rings. The van der Waals surface area contributed by atoms with Gasteiger partial charge in [-0.3, -0.25) is 34.2 Å². The standard InChI is InChI=1S/C43H43N7O10S/c1-24-12-13-26(18-28(24)23-49-22-25(2)60-34-10-4-5-11-36(34)61(49,57)58)30(21-38(52)53)27-19-32-40(48(3)47-46-32)35(20-27)59-17-7-16-44-31-9-6-8-29-39(31)43(56)50(42(29)55)33-14-15-37(51)45-41(33)54/h4-6,8-13,18-20,25,30,33,44H,7,14-17,21-23H2,1-3H3,(H,52,53)(H,45,51,54)/t25-,30?,33?/m1/s1. The van der Waals surface area contributed by atoms with Crippen LogP contribution in [0.2, 0.25) is 0 Å². The molecule has 1 saturated heterocycles. The van der Waals surface area contributed by atoms with Gasteiger partial charge in [-0.1, -0.05) is 41.6 Å². The number of aryl methyl sites for hydroxylation is 2. The van der Waals surface area contributed by atoms with Crippen molar-refractivity contribution in [2.45, 2.75) is 69.0 Å². The van der Waals surface area contributed by atoms with Crippen molar-refractivity contribution in [2.24, 2.45) is 7.05 Å². The first kappa shape index (κ1) is 41.1. The molecule has 4 heterocycles. The largest absolute Gasteiger partial charge is 0.491 e. The first-order valence-electron chi connectivity index (χ1n) is 19.8. The lowest BCUT2D eigenvalue weighted by atomic mass is 9.86. The van der Waals surface area contributed by atoms with Crippen molar-refractivity contribution in [3.63, 3.8) is 0 Å². The summed E-state index contributed by atoms with van der Waals surface area (Å²) in [6, 6.07) is 19.4. The third-order valence-electron chi connectivity index (χ3n) is 11.2. The summed E-state index contributed by atoms with van der Waals surface area (Å²) in [5, 5.41) is 24.1. The van der Waals surface area contributed by atoms with Crippen LogP contribution in [0.1, 0.15) is 81.5 Å². The second-order valence-electron chi connectivity index (χ2n) is 15.4. The number of fused-ring (bicyclic) bond motifs is 3. The van der Waals surface area contributed by atoms with Gasteiger partial charge in [0.1, 0.15) is 39.6 Å². The Morgan fingerprint density at radius 1 is 1.03 bits per heavy atom. The molecule has 0 bridgehead atoms. The molecular formula is C43H43N7O10S. The van der Waals surface area contributed by atoms with Crippen molar-refractivity contribution in [2.75, 3.05) is 25.0 Å². The molecule has 61 heavy (non-hydrogen) atoms. The van der Waals surface area contributed by atoms with E-state index in [1.807, 2.05) is 32.0 Å². The number of carbonyl (C=O) groups is 5. The summed E-state index contributed by atoms with van der Waals surface area (Å²) in [6.45, 7) is 4.39. The fourth-order valence-electron chi connectivity index (χ4n) is 8.19. The third kappa shape index (κ3) is 7.91. The Hall–Kier alpha value is -6.66. The molecule has 0 radical (unpaired) electrons. The first-order valence-corrected chi connectivity index (χ1v) is 21.3. The summed E-state index contributed by atoms with van der Waals surface area (Å²) in [6.07, 6.45) is -0.183. The van der Waals surface area contributed by atoms with E-state index < -0.39 is 57.7 Å². The molecule has 18 heteroatoms. The van der Waals surface area contributed by atoms with Gasteiger partial charge in [0.2, 0.25) is 21.8 Å². The van der Waals surface area contributed by atoms with Crippen LogP contribution >= 0.6 is 0 Å². The van der Waals surface area contributed by atoms with Crippen LogP contribution in [-0.2, 0) is 38.0 Å². The number of amides is 4. The zero-order chi connectivity index (χ0) is 43.2. The zero-order valence-electron chi connectivity index (χ0n) is 33.6. The van der Waals surface area contributed by atoms with E-state index in [1.165, 1.54) is 16.4 Å². The van der Waals surface area contributed by atoms with Crippen LogP contribution in [0.4, 0.5) is 5.69 Å². The maximum absolute atomic E-state index is 13.9. The van der Waals surface area contributed by atoms with E-state index in [9.17, 15) is 37.5 Å². The normalized spacial score (nSPS) is 19.2. The number of ether oxygens (including phenoxy) is 2. The molecule has 3 N–H and O–H groups in total. The predicted octanol–water partition coefficient (Wildman–Crippen LogP) is 4.14. The Balaban J connectivity index is 1.00. The number of hydrogen-bond acceptors (Lipinski definition) is 12. The number of aliphatic carboxylic acids is 1. The molecule has 8 rings (SSSR count). The highest BCUT2D eigenvalue weighted by Crippen LogP contribution is 2.38. The maximum atomic E-state index is 13.9. The molecule has 1 fully saturated rings. The summed E-state index contributed by atoms with van der Waals surface area (Å²) in [4.78, 5) is 64.4. The van der Waals surface area contributed by atoms with Crippen LogP contribution in [0, 0.1) is 6.92 Å². The van der Waals surface area contributed by atoms with Gasteiger partial charge in [-0.05, 0) is 85.3 Å². The van der Waals surface area contributed by atoms with Gasteiger partial charge >= 0.3 is 5.97 Å². The average molecular weight is 850 g/mol. The van der Waals surface area contributed by atoms with Crippen molar-refractivity contribution in [1.29, 1.82) is 0 Å². The van der Waals surface area contributed by atoms with Gasteiger partial charge in [0.25, 0.3) is 11.8 Å². The summed E-state index contributed by atoms with van der Waals surface area (Å²) in [7, 11) is -2.20. The number of carboxylic acid groups (broad SMARTS) is 1. The second kappa shape index (κ2) is 16.4. The molecule has 3 atom stereocenters. The van der Waals surface area contributed by atoms with E-state index in [0.717, 1.165) is 10.5 Å². The highest BCUT2D eigenvalue weighted by atomic mass is 32.2. The maximum Gasteiger partial charge on any atom is 0.304 e. The number of sulfonamides is 1. The van der Waals surface area contributed by atoms with Crippen LogP contribution in [0.5, 0.6) is 11.5 Å². The fourth-order valence-corrected chi connectivity index (χ4v) is 9.80. The lowest BCUT2D eigenvalue weighted by Gasteiger charge is -2.27. The Bertz CT molecular complexity index is 2730. The molecule has 316 valence electrons. The Labute approximate surface area is 350 Å². The SMILES string of the molecule is Cc1ccc(C(CC(=O)O)c2cc(OCCCNc3cccc4c3C(=O)N(C3CCC(=O)NC3=O)C4=O)c3c(c2)nnn3C)cc1CN1C[C@@H](C)Oc2ccccc2S1(=O)=O. The average Bonchev–Trinajstić information content (AvgIpc) is 3.69. The smallest absolute Gasteiger partial charge is 0.304 e. The highest BCUT2D eigenvalue weighted by Gasteiger charge is 2.45. The summed E-state index contributed by atoms with van der Waals surface area (Å²) in [5.41, 5.74) is 4.64. The van der Waals surface area contributed by atoms with Gasteiger partial charge < -0.3 is 19.9 Å². The van der Waals surface area contributed by atoms with E-state index in [2.05, 4.69) is 20.9 Å². The highest BCUT2D eigenvalue weighted by molar-refractivity contribution is 7.89. The van der Waals surface area contributed by atoms with Crippen molar-refractivity contribution in [3.05, 3.63) is 106 Å². The van der Waals surface area contributed by atoms with Crippen molar-refractivity contribution >= 4 is 56.3 Å². The molecule has 0 spiro atoms. The number of hydrogen-bond donors (Lipinski definition) is 3. The minimum Gasteiger partial charge on any atom is -0.491 e. The molecule has 0 saturated carbocycles. The number of para-hydroxylation sites is 1. The summed E-state index contributed by atoms with van der Waals surface area (Å²) in [5.74, 6) is -3.33. The number of piperidine rings is 1. The van der Waals surface area contributed by atoms with Gasteiger partial charge in [0.05, 0.1) is 30.7 Å². The van der Waals surface area contributed by atoms with E-state index in [4.69, 9.17) is 9.47 Å². The number of nitrogens with one attached hydrogen (secondary N) is 2. The number of nitrogens with zero attached hydrogens (tertiary/aromatic N) is 5. The number of aromatic nitrogens is 3. The topological polar surface area (TPSA) is 219 Å². The summed E-state index contributed by atoms with van der Waals surface area (Å²) < 4.78 is 43.0. The van der Waals surface area contributed by atoms with Gasteiger partial charge in [-0.15, -0.1) is 5.10 Å². The van der Waals surface area contributed by atoms with E-state index in [0.29, 0.717) is 57.9 Å². The van der Waals surface area contributed by atoms with E-state index in [-0.39, 0.29) is 55.0 Å². The van der Waals surface area contributed by atoms with Gasteiger partial charge in [0, 0.05) is 38.2 Å². The molecule has 17 nitrogen and oxygen atoms in total. The van der Waals surface area contributed by atoms with Crippen LogP contribution in [0.25, 0.3) is 11.0 Å². The van der Waals surface area contributed by atoms with Crippen LogP contribution in [0.15, 0.2) is 77.7 Å². The first-order chi connectivity index (χ1) is 29.2. The van der Waals surface area contributed by atoms with Crippen molar-refractivity contribution in [1.82, 2.24) is 29.5 Å². The minimum absolute atomic E-state index is 0.0192. The molecule has 2 unspecified atom stereocenters. The quantitative estimate of drug-likeness (QED) is 0.112. The molecular weight excluding hydrogens is 807 g/mol. The lowest BCUT2D eigenvalue weighted by Crippen LogP contribution is -2.54. The zero-order valence-corrected chi connectivity index (χ0v) is 34.4. The van der Waals surface area contributed by atoms with Gasteiger partial charge in [-0.2, -0.15) is 4.31 Å². The van der Waals surface area contributed by atoms with Crippen LogP contribution in [-0.4, -0.2) is 99.2 Å². The number of carbonyl (C=O) groups excluding carboxylic acids is 4. The van der Waals surface area contributed by atoms with Gasteiger partial charge in [-0.25, -0.2) is 13.1 Å².